The molecule has 1 atom stereocenters. The Labute approximate surface area is 92.0 Å². The minimum absolute atomic E-state index is 0.0390. The van der Waals surface area contributed by atoms with Crippen molar-refractivity contribution in [2.24, 2.45) is 0 Å². The SMILES string of the molecule is CC(=O)CC(O)Nc1cccc([N+](=O)[O-])c1. The van der Waals surface area contributed by atoms with Crippen molar-refractivity contribution in [1.29, 1.82) is 0 Å². The smallest absolute Gasteiger partial charge is 0.271 e. The topological polar surface area (TPSA) is 92.5 Å². The van der Waals surface area contributed by atoms with Crippen LogP contribution in [0.1, 0.15) is 13.3 Å². The first-order valence-electron chi connectivity index (χ1n) is 4.67. The molecule has 0 radical (unpaired) electrons. The molecular formula is C10H12N2O4. The third-order valence-electron chi connectivity index (χ3n) is 1.87. The Bertz CT molecular complexity index is 406. The van der Waals surface area contributed by atoms with Gasteiger partial charge in [0.15, 0.2) is 0 Å². The second kappa shape index (κ2) is 5.22. The average Bonchev–Trinajstić information content (AvgIpc) is 2.16. The number of anilines is 1. The zero-order valence-electron chi connectivity index (χ0n) is 8.71. The molecule has 86 valence electrons. The number of nitrogens with one attached hydrogen (secondary N) is 1. The van der Waals surface area contributed by atoms with Crippen molar-refractivity contribution in [3.63, 3.8) is 0 Å². The van der Waals surface area contributed by atoms with Gasteiger partial charge in [-0.2, -0.15) is 0 Å². The summed E-state index contributed by atoms with van der Waals surface area (Å²) in [6.45, 7) is 1.36. The Morgan fingerprint density at radius 3 is 2.88 bits per heavy atom. The number of carbonyl (C=O) groups excluding carboxylic acids is 1. The van der Waals surface area contributed by atoms with Crippen LogP contribution in [-0.4, -0.2) is 22.0 Å². The molecule has 0 aliphatic rings. The van der Waals surface area contributed by atoms with Crippen molar-refractivity contribution in [2.45, 2.75) is 19.6 Å². The largest absolute Gasteiger partial charge is 0.373 e. The van der Waals surface area contributed by atoms with Gasteiger partial charge < -0.3 is 10.4 Å². The van der Waals surface area contributed by atoms with Gasteiger partial charge in [-0.15, -0.1) is 0 Å². The van der Waals surface area contributed by atoms with Crippen molar-refractivity contribution in [3.05, 3.63) is 34.4 Å². The van der Waals surface area contributed by atoms with E-state index in [9.17, 15) is 20.0 Å². The Hall–Kier alpha value is -1.95. The molecule has 0 aromatic heterocycles. The lowest BCUT2D eigenvalue weighted by molar-refractivity contribution is -0.384. The first kappa shape index (κ1) is 12.1. The molecule has 6 nitrogen and oxygen atoms in total. The number of aliphatic hydroxyl groups excluding tert-OH is 1. The summed E-state index contributed by atoms with van der Waals surface area (Å²) in [5, 5.41) is 22.5. The van der Waals surface area contributed by atoms with Crippen molar-refractivity contribution < 1.29 is 14.8 Å². The Morgan fingerprint density at radius 1 is 1.62 bits per heavy atom. The highest BCUT2D eigenvalue weighted by molar-refractivity contribution is 5.76. The molecule has 1 rings (SSSR count). The van der Waals surface area contributed by atoms with Gasteiger partial charge in [0.25, 0.3) is 5.69 Å². The van der Waals surface area contributed by atoms with E-state index >= 15 is 0 Å². The van der Waals surface area contributed by atoms with E-state index in [0.29, 0.717) is 5.69 Å². The lowest BCUT2D eigenvalue weighted by Crippen LogP contribution is -2.21. The lowest BCUT2D eigenvalue weighted by atomic mass is 10.2. The second-order valence-corrected chi connectivity index (χ2v) is 3.37. The molecule has 0 aliphatic heterocycles. The minimum atomic E-state index is -1.03. The fourth-order valence-electron chi connectivity index (χ4n) is 1.22. The molecule has 6 heteroatoms. The van der Waals surface area contributed by atoms with Gasteiger partial charge in [-0.05, 0) is 13.0 Å². The van der Waals surface area contributed by atoms with Crippen LogP contribution < -0.4 is 5.32 Å². The van der Waals surface area contributed by atoms with Crippen molar-refractivity contribution in [3.8, 4) is 0 Å². The van der Waals surface area contributed by atoms with E-state index in [1.807, 2.05) is 0 Å². The number of nitro groups is 1. The number of hydrogen-bond donors (Lipinski definition) is 2. The monoisotopic (exact) mass is 224 g/mol. The van der Waals surface area contributed by atoms with Gasteiger partial charge in [-0.1, -0.05) is 6.07 Å². The highest BCUT2D eigenvalue weighted by Gasteiger charge is 2.09. The van der Waals surface area contributed by atoms with Crippen LogP contribution in [0.25, 0.3) is 0 Å². The number of non-ortho nitro benzene ring substituents is 1. The summed E-state index contributed by atoms with van der Waals surface area (Å²) in [5.74, 6) is -0.162. The van der Waals surface area contributed by atoms with Crippen LogP contribution in [0.4, 0.5) is 11.4 Å². The summed E-state index contributed by atoms with van der Waals surface area (Å²) in [7, 11) is 0. The molecule has 1 unspecified atom stereocenters. The van der Waals surface area contributed by atoms with Crippen LogP contribution in [0.5, 0.6) is 0 Å². The van der Waals surface area contributed by atoms with Gasteiger partial charge in [0.05, 0.1) is 11.3 Å². The summed E-state index contributed by atoms with van der Waals surface area (Å²) >= 11 is 0. The zero-order chi connectivity index (χ0) is 12.1. The molecule has 0 saturated carbocycles. The zero-order valence-corrected chi connectivity index (χ0v) is 8.71. The molecule has 0 spiro atoms. The van der Waals surface area contributed by atoms with E-state index in [1.54, 1.807) is 6.07 Å². The van der Waals surface area contributed by atoms with Crippen molar-refractivity contribution in [2.75, 3.05) is 5.32 Å². The molecule has 16 heavy (non-hydrogen) atoms. The Kier molecular flexibility index (Phi) is 3.96. The van der Waals surface area contributed by atoms with E-state index in [4.69, 9.17) is 0 Å². The number of rotatable bonds is 5. The van der Waals surface area contributed by atoms with Gasteiger partial charge in [-0.3, -0.25) is 14.9 Å². The number of nitrogens with zero attached hydrogens (tertiary/aromatic N) is 1. The van der Waals surface area contributed by atoms with E-state index in [-0.39, 0.29) is 17.9 Å². The first-order valence-corrected chi connectivity index (χ1v) is 4.67. The van der Waals surface area contributed by atoms with Gasteiger partial charge in [0.2, 0.25) is 0 Å². The van der Waals surface area contributed by atoms with Gasteiger partial charge in [0, 0.05) is 17.8 Å². The Morgan fingerprint density at radius 2 is 2.31 bits per heavy atom. The second-order valence-electron chi connectivity index (χ2n) is 3.37. The molecule has 0 fully saturated rings. The van der Waals surface area contributed by atoms with Gasteiger partial charge in [0.1, 0.15) is 12.0 Å². The van der Waals surface area contributed by atoms with Crippen molar-refractivity contribution in [1.82, 2.24) is 0 Å². The molecule has 1 aromatic carbocycles. The van der Waals surface area contributed by atoms with Gasteiger partial charge >= 0.3 is 0 Å². The molecular weight excluding hydrogens is 212 g/mol. The first-order chi connectivity index (χ1) is 7.49. The third kappa shape index (κ3) is 3.66. The van der Waals surface area contributed by atoms with Crippen LogP contribution >= 0.6 is 0 Å². The normalized spacial score (nSPS) is 11.9. The third-order valence-corrected chi connectivity index (χ3v) is 1.87. The maximum absolute atomic E-state index is 10.7. The quantitative estimate of drug-likeness (QED) is 0.446. The lowest BCUT2D eigenvalue weighted by Gasteiger charge is -2.12. The number of ketones is 1. The predicted octanol–water partition coefficient (Wildman–Crippen LogP) is 1.30. The predicted molar refractivity (Wildman–Crippen MR) is 58.0 cm³/mol. The van der Waals surface area contributed by atoms with Crippen molar-refractivity contribution >= 4 is 17.2 Å². The van der Waals surface area contributed by atoms with Crippen LogP contribution in [0, 0.1) is 10.1 Å². The van der Waals surface area contributed by atoms with Crippen LogP contribution in [-0.2, 0) is 4.79 Å². The minimum Gasteiger partial charge on any atom is -0.373 e. The number of benzene rings is 1. The fraction of sp³-hybridized carbons (Fsp3) is 0.300. The van der Waals surface area contributed by atoms with E-state index in [2.05, 4.69) is 5.32 Å². The molecule has 0 amide bonds. The number of nitro benzene ring substituents is 1. The number of hydrogen-bond acceptors (Lipinski definition) is 5. The van der Waals surface area contributed by atoms with E-state index < -0.39 is 11.2 Å². The summed E-state index contributed by atoms with van der Waals surface area (Å²) < 4.78 is 0. The molecule has 1 aromatic rings. The molecule has 0 aliphatic carbocycles. The molecule has 0 heterocycles. The number of carbonyl (C=O) groups is 1. The maximum Gasteiger partial charge on any atom is 0.271 e. The summed E-state index contributed by atoms with van der Waals surface area (Å²) in [6.07, 6.45) is -1.07. The number of aliphatic hydroxyl groups is 1. The molecule has 0 bridgehead atoms. The van der Waals surface area contributed by atoms with E-state index in [0.717, 1.165) is 0 Å². The number of Topliss-reactive ketones (excluding diaryl/α,β-unsaturated/α-hetero) is 1. The highest BCUT2D eigenvalue weighted by atomic mass is 16.6. The van der Waals surface area contributed by atoms with Crippen LogP contribution in [0.2, 0.25) is 0 Å². The van der Waals surface area contributed by atoms with E-state index in [1.165, 1.54) is 25.1 Å². The summed E-state index contributed by atoms with van der Waals surface area (Å²) in [4.78, 5) is 20.7. The van der Waals surface area contributed by atoms with Crippen LogP contribution in [0.15, 0.2) is 24.3 Å². The Balaban J connectivity index is 2.70. The average molecular weight is 224 g/mol. The molecule has 0 saturated heterocycles. The fourth-order valence-corrected chi connectivity index (χ4v) is 1.22. The summed E-state index contributed by atoms with van der Waals surface area (Å²) in [5.41, 5.74) is 0.336. The summed E-state index contributed by atoms with van der Waals surface area (Å²) in [6, 6.07) is 5.73. The molecule has 2 N–H and O–H groups in total. The highest BCUT2D eigenvalue weighted by Crippen LogP contribution is 2.17. The standard InChI is InChI=1S/C10H12N2O4/c1-7(13)5-10(14)11-8-3-2-4-9(6-8)12(15)16/h2-4,6,10-11,14H,5H2,1H3. The maximum atomic E-state index is 10.7. The van der Waals surface area contributed by atoms with Crippen LogP contribution in [0.3, 0.4) is 0 Å². The van der Waals surface area contributed by atoms with Gasteiger partial charge in [-0.25, -0.2) is 0 Å².